The van der Waals surface area contributed by atoms with Crippen molar-refractivity contribution in [2.45, 2.75) is 33.2 Å². The lowest BCUT2D eigenvalue weighted by Crippen LogP contribution is -2.01. The summed E-state index contributed by atoms with van der Waals surface area (Å²) in [6, 6.07) is 8.15. The normalized spacial score (nSPS) is 11.1. The van der Waals surface area contributed by atoms with Crippen LogP contribution in [0.3, 0.4) is 0 Å². The van der Waals surface area contributed by atoms with E-state index in [1.165, 1.54) is 5.56 Å². The molecule has 1 heterocycles. The molecule has 0 fully saturated rings. The molecule has 0 spiro atoms. The van der Waals surface area contributed by atoms with E-state index in [9.17, 15) is 0 Å². The molecule has 0 aliphatic rings. The van der Waals surface area contributed by atoms with E-state index in [2.05, 4.69) is 31.1 Å². The van der Waals surface area contributed by atoms with Gasteiger partial charge in [0, 0.05) is 13.6 Å². The molecule has 2 rings (SSSR count). The molecule has 0 aliphatic carbocycles. The van der Waals surface area contributed by atoms with Crippen molar-refractivity contribution in [1.29, 1.82) is 0 Å². The van der Waals surface area contributed by atoms with Crippen molar-refractivity contribution in [2.75, 3.05) is 0 Å². The van der Waals surface area contributed by atoms with Crippen LogP contribution in [0.2, 0.25) is 0 Å². The molecule has 0 aliphatic heterocycles. The number of ether oxygens (including phenoxy) is 1. The molecule has 0 atom stereocenters. The average Bonchev–Trinajstić information content (AvgIpc) is 2.64. The lowest BCUT2D eigenvalue weighted by Gasteiger charge is -2.10. The van der Waals surface area contributed by atoms with Gasteiger partial charge in [-0.25, -0.2) is 4.68 Å². The van der Waals surface area contributed by atoms with E-state index < -0.39 is 0 Å². The second-order valence-corrected chi connectivity index (χ2v) is 5.02. The first-order chi connectivity index (χ1) is 9.02. The summed E-state index contributed by atoms with van der Waals surface area (Å²) in [5.74, 6) is 2.05. The highest BCUT2D eigenvalue weighted by atomic mass is 16.5. The van der Waals surface area contributed by atoms with Crippen molar-refractivity contribution in [2.24, 2.45) is 12.8 Å². The number of aryl methyl sites for hydroxylation is 2. The van der Waals surface area contributed by atoms with Crippen LogP contribution in [0, 0.1) is 6.92 Å². The van der Waals surface area contributed by atoms with Crippen LogP contribution >= 0.6 is 0 Å². The van der Waals surface area contributed by atoms with Crippen LogP contribution < -0.4 is 10.5 Å². The van der Waals surface area contributed by atoms with Crippen molar-refractivity contribution >= 4 is 0 Å². The Morgan fingerprint density at radius 2 is 1.89 bits per heavy atom. The highest BCUT2D eigenvalue weighted by Gasteiger charge is 2.14. The third-order valence-electron chi connectivity index (χ3n) is 3.25. The minimum Gasteiger partial charge on any atom is -0.439 e. The van der Waals surface area contributed by atoms with Gasteiger partial charge in [-0.15, -0.1) is 0 Å². The molecule has 19 heavy (non-hydrogen) atoms. The van der Waals surface area contributed by atoms with Gasteiger partial charge in [-0.1, -0.05) is 26.0 Å². The monoisotopic (exact) mass is 259 g/mol. The number of nitrogens with two attached hydrogens (primary N) is 1. The Morgan fingerprint density at radius 3 is 2.42 bits per heavy atom. The maximum absolute atomic E-state index is 5.91. The Morgan fingerprint density at radius 1 is 1.26 bits per heavy atom. The van der Waals surface area contributed by atoms with Crippen molar-refractivity contribution < 1.29 is 4.74 Å². The molecule has 1 aromatic heterocycles. The highest BCUT2D eigenvalue weighted by Crippen LogP contribution is 2.27. The van der Waals surface area contributed by atoms with Gasteiger partial charge in [0.15, 0.2) is 0 Å². The number of hydrogen-bond donors (Lipinski definition) is 1. The molecule has 0 saturated carbocycles. The molecule has 0 radical (unpaired) electrons. The van der Waals surface area contributed by atoms with Crippen LogP contribution in [0.15, 0.2) is 24.3 Å². The zero-order valence-electron chi connectivity index (χ0n) is 12.0. The fourth-order valence-electron chi connectivity index (χ4n) is 2.08. The van der Waals surface area contributed by atoms with Crippen molar-refractivity contribution in [3.05, 3.63) is 41.1 Å². The summed E-state index contributed by atoms with van der Waals surface area (Å²) in [4.78, 5) is 0. The molecule has 2 N–H and O–H groups in total. The van der Waals surface area contributed by atoms with Crippen LogP contribution in [0.4, 0.5) is 0 Å². The quantitative estimate of drug-likeness (QED) is 0.918. The van der Waals surface area contributed by atoms with Gasteiger partial charge in [-0.2, -0.15) is 5.10 Å². The molecule has 0 saturated heterocycles. The Balaban J connectivity index is 2.26. The summed E-state index contributed by atoms with van der Waals surface area (Å²) in [6.07, 6.45) is 0. The summed E-state index contributed by atoms with van der Waals surface area (Å²) in [5, 5.41) is 4.34. The number of nitrogens with zero attached hydrogens (tertiary/aromatic N) is 2. The van der Waals surface area contributed by atoms with Gasteiger partial charge in [-0.3, -0.25) is 0 Å². The highest BCUT2D eigenvalue weighted by molar-refractivity contribution is 5.37. The number of hydrogen-bond acceptors (Lipinski definition) is 3. The van der Waals surface area contributed by atoms with E-state index >= 15 is 0 Å². The van der Waals surface area contributed by atoms with Crippen molar-refractivity contribution in [1.82, 2.24) is 9.78 Å². The van der Waals surface area contributed by atoms with E-state index in [1.54, 1.807) is 4.68 Å². The Kier molecular flexibility index (Phi) is 3.90. The molecule has 0 unspecified atom stereocenters. The SMILES string of the molecule is Cc1nn(C)c(Oc2ccc(C(C)C)cc2)c1CN. The van der Waals surface area contributed by atoms with Crippen molar-refractivity contribution in [3.63, 3.8) is 0 Å². The molecular formula is C15H21N3O. The van der Waals surface area contributed by atoms with Gasteiger partial charge < -0.3 is 10.5 Å². The maximum Gasteiger partial charge on any atom is 0.222 e. The predicted octanol–water partition coefficient (Wildman–Crippen LogP) is 3.10. The number of rotatable bonds is 4. The van der Waals surface area contributed by atoms with Gasteiger partial charge in [0.1, 0.15) is 5.75 Å². The third kappa shape index (κ3) is 2.79. The minimum atomic E-state index is 0.430. The lowest BCUT2D eigenvalue weighted by atomic mass is 10.0. The van der Waals surface area contributed by atoms with Crippen LogP contribution in [0.25, 0.3) is 0 Å². The van der Waals surface area contributed by atoms with Crippen molar-refractivity contribution in [3.8, 4) is 11.6 Å². The number of aromatic nitrogens is 2. The second-order valence-electron chi connectivity index (χ2n) is 5.02. The molecule has 0 amide bonds. The van der Waals surface area contributed by atoms with E-state index in [0.29, 0.717) is 12.5 Å². The zero-order chi connectivity index (χ0) is 14.0. The summed E-state index contributed by atoms with van der Waals surface area (Å²) >= 11 is 0. The van der Waals surface area contributed by atoms with Gasteiger partial charge in [0.25, 0.3) is 0 Å². The minimum absolute atomic E-state index is 0.430. The smallest absolute Gasteiger partial charge is 0.222 e. The molecule has 4 nitrogen and oxygen atoms in total. The topological polar surface area (TPSA) is 53.1 Å². The van der Waals surface area contributed by atoms with Crippen LogP contribution in [0.5, 0.6) is 11.6 Å². The summed E-state index contributed by atoms with van der Waals surface area (Å²) in [7, 11) is 1.87. The van der Waals surface area contributed by atoms with Gasteiger partial charge in [0.05, 0.1) is 11.3 Å². The molecular weight excluding hydrogens is 238 g/mol. The van der Waals surface area contributed by atoms with E-state index in [4.69, 9.17) is 10.5 Å². The first-order valence-electron chi connectivity index (χ1n) is 6.53. The van der Waals surface area contributed by atoms with Crippen LogP contribution in [-0.2, 0) is 13.6 Å². The van der Waals surface area contributed by atoms with Gasteiger partial charge >= 0.3 is 0 Å². The van der Waals surface area contributed by atoms with Gasteiger partial charge in [-0.05, 0) is 30.5 Å². The van der Waals surface area contributed by atoms with E-state index in [0.717, 1.165) is 22.9 Å². The molecule has 4 heteroatoms. The number of benzene rings is 1. The first kappa shape index (κ1) is 13.6. The molecule has 102 valence electrons. The summed E-state index contributed by atoms with van der Waals surface area (Å²) in [5.41, 5.74) is 8.92. The zero-order valence-corrected chi connectivity index (χ0v) is 12.0. The predicted molar refractivity (Wildman–Crippen MR) is 76.4 cm³/mol. The van der Waals surface area contributed by atoms with Crippen LogP contribution in [-0.4, -0.2) is 9.78 Å². The average molecular weight is 259 g/mol. The fourth-order valence-corrected chi connectivity index (χ4v) is 2.08. The van der Waals surface area contributed by atoms with E-state index in [-0.39, 0.29) is 0 Å². The molecule has 2 aromatic rings. The largest absolute Gasteiger partial charge is 0.439 e. The summed E-state index contributed by atoms with van der Waals surface area (Å²) in [6.45, 7) is 6.72. The molecule has 1 aromatic carbocycles. The Labute approximate surface area is 114 Å². The first-order valence-corrected chi connectivity index (χ1v) is 6.53. The summed E-state index contributed by atoms with van der Waals surface area (Å²) < 4.78 is 7.64. The lowest BCUT2D eigenvalue weighted by molar-refractivity contribution is 0.426. The van der Waals surface area contributed by atoms with Crippen LogP contribution in [0.1, 0.15) is 36.6 Å². The Bertz CT molecular complexity index is 556. The fraction of sp³-hybridized carbons (Fsp3) is 0.400. The molecule has 0 bridgehead atoms. The Hall–Kier alpha value is -1.81. The second kappa shape index (κ2) is 5.45. The third-order valence-corrected chi connectivity index (χ3v) is 3.25. The van der Waals surface area contributed by atoms with E-state index in [1.807, 2.05) is 26.1 Å². The maximum atomic E-state index is 5.91. The van der Waals surface area contributed by atoms with Gasteiger partial charge in [0.2, 0.25) is 5.88 Å². The standard InChI is InChI=1S/C15H21N3O/c1-10(2)12-5-7-13(8-6-12)19-15-14(9-16)11(3)17-18(15)4/h5-8,10H,9,16H2,1-4H3.